The molecule has 4 rings (SSSR count). The summed E-state index contributed by atoms with van der Waals surface area (Å²) in [7, 11) is 0. The SMILES string of the molecule is [2H]C([2H])(Oc1nn2c(-c3ccccc3F)nnc2cc1C(O)(C([2H])([2H])[2H])C([2H])([2H])[2H])c1ncnn1C([2H])([2H])C([2H])([2H])[2H]. The zero-order valence-electron chi connectivity index (χ0n) is 27.3. The minimum Gasteiger partial charge on any atom is -0.468 e. The van der Waals surface area contributed by atoms with E-state index < -0.39 is 67.9 Å². The molecule has 0 fully saturated rings. The van der Waals surface area contributed by atoms with Crippen molar-refractivity contribution >= 4 is 5.65 Å². The van der Waals surface area contributed by atoms with Crippen molar-refractivity contribution in [1.29, 1.82) is 0 Å². The smallest absolute Gasteiger partial charge is 0.238 e. The van der Waals surface area contributed by atoms with Gasteiger partial charge in [-0.1, -0.05) is 12.1 Å². The molecule has 3 heterocycles. The Balaban J connectivity index is 2.01. The summed E-state index contributed by atoms with van der Waals surface area (Å²) < 4.78 is 123. The second kappa shape index (κ2) is 7.21. The summed E-state index contributed by atoms with van der Waals surface area (Å²) >= 11 is 0. The molecule has 0 unspecified atom stereocenters. The van der Waals surface area contributed by atoms with Gasteiger partial charge >= 0.3 is 0 Å². The van der Waals surface area contributed by atoms with E-state index in [1.165, 1.54) is 18.2 Å². The van der Waals surface area contributed by atoms with Crippen molar-refractivity contribution in [3.63, 3.8) is 0 Å². The average molecular weight is 410 g/mol. The second-order valence-electron chi connectivity index (χ2n) is 5.66. The van der Waals surface area contributed by atoms with E-state index in [9.17, 15) is 9.50 Å². The van der Waals surface area contributed by atoms with Gasteiger partial charge in [-0.15, -0.1) is 15.3 Å². The number of nitrogens with zero attached hydrogens (tertiary/aromatic N) is 7. The van der Waals surface area contributed by atoms with Gasteiger partial charge in [-0.25, -0.2) is 14.1 Å². The van der Waals surface area contributed by atoms with E-state index in [1.807, 2.05) is 0 Å². The Morgan fingerprint density at radius 2 is 2.17 bits per heavy atom. The highest BCUT2D eigenvalue weighted by Gasteiger charge is 2.26. The zero-order valence-corrected chi connectivity index (χ0v) is 14.3. The molecule has 4 aromatic rings. The van der Waals surface area contributed by atoms with Gasteiger partial charge in [0.1, 0.15) is 18.7 Å². The number of aromatic nitrogens is 7. The van der Waals surface area contributed by atoms with E-state index in [2.05, 4.69) is 25.4 Å². The molecule has 0 amide bonds. The maximum atomic E-state index is 14.6. The van der Waals surface area contributed by atoms with Crippen molar-refractivity contribution in [1.82, 2.24) is 34.6 Å². The number of hydrogen-bond donors (Lipinski definition) is 1. The quantitative estimate of drug-likeness (QED) is 0.520. The van der Waals surface area contributed by atoms with Crippen LogP contribution in [0.15, 0.2) is 36.7 Å². The molecule has 0 saturated heterocycles. The Hall–Kier alpha value is -3.40. The van der Waals surface area contributed by atoms with Crippen LogP contribution in [0.1, 0.15) is 49.8 Å². The van der Waals surface area contributed by atoms with E-state index in [0.29, 0.717) is 12.4 Å². The molecule has 3 aromatic heterocycles. The highest BCUT2D eigenvalue weighted by molar-refractivity contribution is 5.60. The lowest BCUT2D eigenvalue weighted by molar-refractivity contribution is 0.0729. The third-order valence-electron chi connectivity index (χ3n) is 3.76. The second-order valence-corrected chi connectivity index (χ2v) is 5.66. The van der Waals surface area contributed by atoms with Gasteiger partial charge in [0.25, 0.3) is 0 Å². The Labute approximate surface area is 184 Å². The topological polar surface area (TPSA) is 103 Å². The largest absolute Gasteiger partial charge is 0.468 e. The van der Waals surface area contributed by atoms with Gasteiger partial charge in [0.2, 0.25) is 5.88 Å². The van der Waals surface area contributed by atoms with Gasteiger partial charge in [-0.3, -0.25) is 0 Å². The fourth-order valence-corrected chi connectivity index (χ4v) is 2.45. The predicted octanol–water partition coefficient (Wildman–Crippen LogP) is 2.35. The molecule has 29 heavy (non-hydrogen) atoms. The number of ether oxygens (including phenoxy) is 1. The van der Waals surface area contributed by atoms with E-state index in [1.54, 1.807) is 0 Å². The molecular weight excluding hydrogens is 377 g/mol. The van der Waals surface area contributed by atoms with Crippen LogP contribution in [-0.2, 0) is 18.7 Å². The Morgan fingerprint density at radius 1 is 1.31 bits per heavy atom. The number of aryl methyl sites for hydroxylation is 1. The fourth-order valence-electron chi connectivity index (χ4n) is 2.45. The van der Waals surface area contributed by atoms with Crippen LogP contribution in [0.25, 0.3) is 17.0 Å². The van der Waals surface area contributed by atoms with Gasteiger partial charge in [0, 0.05) is 18.8 Å². The van der Waals surface area contributed by atoms with Crippen LogP contribution in [-0.4, -0.2) is 39.7 Å². The van der Waals surface area contributed by atoms with Gasteiger partial charge < -0.3 is 9.84 Å². The molecule has 0 spiro atoms. The molecule has 0 aliphatic carbocycles. The first-order valence-corrected chi connectivity index (χ1v) is 7.88. The summed E-state index contributed by atoms with van der Waals surface area (Å²) in [4.78, 5) is 3.55. The molecule has 0 bridgehead atoms. The van der Waals surface area contributed by atoms with Crippen molar-refractivity contribution in [2.24, 2.45) is 0 Å². The van der Waals surface area contributed by atoms with E-state index in [0.717, 1.165) is 10.6 Å². The molecule has 10 heteroatoms. The number of hydrogen-bond acceptors (Lipinski definition) is 7. The average Bonchev–Trinajstić information content (AvgIpc) is 3.49. The molecule has 0 radical (unpaired) electrons. The first kappa shape index (κ1) is 8.95. The summed E-state index contributed by atoms with van der Waals surface area (Å²) in [6.45, 7) is -17.5. The first-order chi connectivity index (χ1) is 19.0. The summed E-state index contributed by atoms with van der Waals surface area (Å²) in [5.74, 6) is -3.38. The minimum absolute atomic E-state index is 0.0709. The van der Waals surface area contributed by atoms with Crippen LogP contribution >= 0.6 is 0 Å². The molecular formula is C19H20FN7O2. The van der Waals surface area contributed by atoms with Crippen LogP contribution in [0, 0.1) is 5.82 Å². The van der Waals surface area contributed by atoms with E-state index in [4.69, 9.17) is 22.6 Å². The Kier molecular flexibility index (Phi) is 2.22. The summed E-state index contributed by atoms with van der Waals surface area (Å²) in [6.07, 6.45) is 0.620. The zero-order chi connectivity index (χ0) is 31.7. The van der Waals surface area contributed by atoms with Crippen molar-refractivity contribution in [2.45, 2.75) is 39.2 Å². The van der Waals surface area contributed by atoms with E-state index >= 15 is 0 Å². The maximum Gasteiger partial charge on any atom is 0.238 e. The molecule has 0 atom stereocenters. The van der Waals surface area contributed by atoms with Crippen LogP contribution < -0.4 is 4.74 Å². The van der Waals surface area contributed by atoms with Crippen LogP contribution in [0.2, 0.25) is 0 Å². The van der Waals surface area contributed by atoms with Crippen molar-refractivity contribution in [3.05, 3.63) is 53.9 Å². The minimum atomic E-state index is -3.76. The lowest BCUT2D eigenvalue weighted by atomic mass is 10.0. The number of aliphatic hydroxyl groups is 1. The molecule has 1 aromatic carbocycles. The molecule has 0 aliphatic heterocycles. The third kappa shape index (κ3) is 3.54. The lowest BCUT2D eigenvalue weighted by Crippen LogP contribution is -2.20. The molecule has 1 N–H and O–H groups in total. The normalized spacial score (nSPS) is 20.8. The highest BCUT2D eigenvalue weighted by atomic mass is 19.1. The van der Waals surface area contributed by atoms with E-state index in [-0.39, 0.29) is 16.1 Å². The van der Waals surface area contributed by atoms with Crippen molar-refractivity contribution in [3.8, 4) is 17.3 Å². The number of benzene rings is 1. The van der Waals surface area contributed by atoms with Crippen LogP contribution in [0.5, 0.6) is 5.88 Å². The monoisotopic (exact) mass is 410 g/mol. The van der Waals surface area contributed by atoms with Gasteiger partial charge in [-0.2, -0.15) is 9.61 Å². The Morgan fingerprint density at radius 3 is 2.97 bits per heavy atom. The number of rotatable bonds is 6. The van der Waals surface area contributed by atoms with Crippen molar-refractivity contribution in [2.75, 3.05) is 0 Å². The molecule has 150 valence electrons. The van der Waals surface area contributed by atoms with Crippen LogP contribution in [0.4, 0.5) is 4.39 Å². The van der Waals surface area contributed by atoms with Crippen LogP contribution in [0.3, 0.4) is 0 Å². The highest BCUT2D eigenvalue weighted by Crippen LogP contribution is 2.31. The standard InChI is InChI=1S/C19H20FN7O2/c1-4-26-16(21-11-22-26)10-29-18-13(19(2,3)28)9-15-23-24-17(27(15)25-18)12-7-5-6-8-14(12)20/h5-9,11,28H,4,10H2,1-3H3/i1D3,2D3,3D3,4D2,10D2. The first-order valence-electron chi connectivity index (χ1n) is 14.4. The number of fused-ring (bicyclic) bond motifs is 1. The summed E-state index contributed by atoms with van der Waals surface area (Å²) in [5, 5.41) is 26.1. The summed E-state index contributed by atoms with van der Waals surface area (Å²) in [6, 6.07) is 5.87. The van der Waals surface area contributed by atoms with Crippen molar-refractivity contribution < 1.29 is 32.1 Å². The summed E-state index contributed by atoms with van der Waals surface area (Å²) in [5.41, 5.74) is -5.45. The lowest BCUT2D eigenvalue weighted by Gasteiger charge is -2.20. The number of halogens is 1. The molecule has 0 saturated carbocycles. The Bertz CT molecular complexity index is 1610. The fraction of sp³-hybridized carbons (Fsp3) is 0.316. The van der Waals surface area contributed by atoms with Gasteiger partial charge in [0.15, 0.2) is 17.3 Å². The van der Waals surface area contributed by atoms with Gasteiger partial charge in [-0.05, 0) is 38.8 Å². The predicted molar refractivity (Wildman–Crippen MR) is 101 cm³/mol. The van der Waals surface area contributed by atoms with Gasteiger partial charge in [0.05, 0.1) is 22.2 Å². The molecule has 0 aliphatic rings. The third-order valence-corrected chi connectivity index (χ3v) is 3.76. The molecule has 9 nitrogen and oxygen atoms in total. The maximum absolute atomic E-state index is 14.6.